The summed E-state index contributed by atoms with van der Waals surface area (Å²) in [4.78, 5) is 14.5. The highest BCUT2D eigenvalue weighted by Gasteiger charge is 2.20. The zero-order chi connectivity index (χ0) is 11.5. The fourth-order valence-corrected chi connectivity index (χ4v) is 1.54. The predicted molar refractivity (Wildman–Crippen MR) is 58.1 cm³/mol. The highest BCUT2D eigenvalue weighted by Crippen LogP contribution is 2.19. The summed E-state index contributed by atoms with van der Waals surface area (Å²) < 4.78 is 12.7. The Labute approximate surface area is 92.8 Å². The van der Waals surface area contributed by atoms with E-state index in [2.05, 4.69) is 10.4 Å². The van der Waals surface area contributed by atoms with Gasteiger partial charge in [0.1, 0.15) is 12.2 Å². The van der Waals surface area contributed by atoms with Gasteiger partial charge in [-0.15, -0.1) is 0 Å². The lowest BCUT2D eigenvalue weighted by atomic mass is 10.1. The summed E-state index contributed by atoms with van der Waals surface area (Å²) in [7, 11) is 0. The van der Waals surface area contributed by atoms with Gasteiger partial charge in [-0.05, 0) is 24.6 Å². The van der Waals surface area contributed by atoms with Crippen LogP contribution in [0.3, 0.4) is 0 Å². The minimum absolute atomic E-state index is 0.00528. The summed E-state index contributed by atoms with van der Waals surface area (Å²) in [6.07, 6.45) is 1.80. The molecule has 0 aromatic heterocycles. The van der Waals surface area contributed by atoms with Crippen LogP contribution in [0.1, 0.15) is 18.5 Å². The third kappa shape index (κ3) is 2.09. The van der Waals surface area contributed by atoms with Gasteiger partial charge in [0, 0.05) is 0 Å². The van der Waals surface area contributed by atoms with Crippen molar-refractivity contribution in [2.45, 2.75) is 19.1 Å². The first-order valence-corrected chi connectivity index (χ1v) is 4.99. The molecule has 1 aromatic rings. The lowest BCUT2D eigenvalue weighted by Crippen LogP contribution is -2.39. The van der Waals surface area contributed by atoms with Crippen molar-refractivity contribution >= 4 is 12.6 Å². The molecule has 0 bridgehead atoms. The highest BCUT2D eigenvalue weighted by molar-refractivity contribution is 5.67. The number of nitrogens with zero attached hydrogens (tertiary/aromatic N) is 2. The first-order valence-electron chi connectivity index (χ1n) is 4.99. The Kier molecular flexibility index (Phi) is 2.96. The van der Waals surface area contributed by atoms with Gasteiger partial charge in [-0.25, -0.2) is 14.8 Å². The topological polar surface area (TPSA) is 44.7 Å². The Balaban J connectivity index is 2.08. The van der Waals surface area contributed by atoms with Crippen molar-refractivity contribution < 1.29 is 9.18 Å². The van der Waals surface area contributed by atoms with Crippen LogP contribution in [0, 0.1) is 5.82 Å². The van der Waals surface area contributed by atoms with Crippen LogP contribution in [0.25, 0.3) is 0 Å². The Morgan fingerprint density at radius 3 is 2.75 bits per heavy atom. The maximum Gasteiger partial charge on any atom is 0.173 e. The fraction of sp³-hybridized carbons (Fsp3) is 0.273. The van der Waals surface area contributed by atoms with Gasteiger partial charge in [-0.1, -0.05) is 12.1 Å². The van der Waals surface area contributed by atoms with Crippen LogP contribution in [0.5, 0.6) is 0 Å². The number of hydrogen-bond acceptors (Lipinski definition) is 4. The minimum atomic E-state index is -0.511. The zero-order valence-corrected chi connectivity index (χ0v) is 8.80. The predicted octanol–water partition coefficient (Wildman–Crippen LogP) is 1.26. The number of carbonyl (C=O) groups excluding carboxylic acids is 1. The molecular weight excluding hydrogens is 209 g/mol. The van der Waals surface area contributed by atoms with Crippen molar-refractivity contribution in [2.24, 2.45) is 4.99 Å². The van der Waals surface area contributed by atoms with Crippen molar-refractivity contribution in [1.29, 1.82) is 0 Å². The highest BCUT2D eigenvalue weighted by atomic mass is 19.1. The molecular formula is C11H12FN3O. The van der Waals surface area contributed by atoms with E-state index in [-0.39, 0.29) is 11.9 Å². The molecule has 2 unspecified atom stereocenters. The van der Waals surface area contributed by atoms with Gasteiger partial charge in [-0.3, -0.25) is 9.80 Å². The molecule has 5 heteroatoms. The van der Waals surface area contributed by atoms with E-state index in [1.54, 1.807) is 23.5 Å². The van der Waals surface area contributed by atoms with Crippen molar-refractivity contribution in [3.05, 3.63) is 35.6 Å². The van der Waals surface area contributed by atoms with Crippen molar-refractivity contribution in [3.8, 4) is 0 Å². The Morgan fingerprint density at radius 2 is 2.19 bits per heavy atom. The summed E-state index contributed by atoms with van der Waals surface area (Å²) >= 11 is 0. The van der Waals surface area contributed by atoms with Gasteiger partial charge in [0.2, 0.25) is 0 Å². The zero-order valence-electron chi connectivity index (χ0n) is 8.80. The molecule has 1 aromatic carbocycles. The van der Waals surface area contributed by atoms with Gasteiger partial charge in [0.15, 0.2) is 12.5 Å². The summed E-state index contributed by atoms with van der Waals surface area (Å²) in [5, 5.41) is 1.73. The number of carbonyl (C=O) groups is 1. The van der Waals surface area contributed by atoms with Crippen molar-refractivity contribution in [3.63, 3.8) is 0 Å². The quantitative estimate of drug-likeness (QED) is 0.781. The molecule has 1 aliphatic rings. The number of hydrazine groups is 1. The Hall–Kier alpha value is -1.75. The molecule has 84 valence electrons. The first-order chi connectivity index (χ1) is 7.70. The molecule has 0 radical (unpaired) electrons. The van der Waals surface area contributed by atoms with E-state index in [1.807, 2.05) is 6.92 Å². The number of nitrogens with one attached hydrogen (secondary N) is 1. The molecule has 16 heavy (non-hydrogen) atoms. The van der Waals surface area contributed by atoms with Crippen LogP contribution < -0.4 is 5.43 Å². The third-order valence-corrected chi connectivity index (χ3v) is 2.53. The van der Waals surface area contributed by atoms with Crippen LogP contribution in [0.2, 0.25) is 0 Å². The number of aliphatic imine (C=N–C) groups is 1. The average molecular weight is 221 g/mol. The molecule has 2 atom stereocenters. The second-order valence-electron chi connectivity index (χ2n) is 3.61. The monoisotopic (exact) mass is 221 g/mol. The molecule has 1 N–H and O–H groups in total. The second kappa shape index (κ2) is 4.40. The van der Waals surface area contributed by atoms with E-state index < -0.39 is 6.17 Å². The number of benzene rings is 1. The maximum absolute atomic E-state index is 12.7. The smallest absolute Gasteiger partial charge is 0.173 e. The Bertz CT molecular complexity index is 404. The standard InChI is InChI=1S/C11H12FN3O/c1-8(9-2-4-10(12)5-3-9)15-7-13-11(6-16)14-15/h2-8,11,14H,1H3. The Morgan fingerprint density at radius 1 is 1.50 bits per heavy atom. The largest absolute Gasteiger partial charge is 0.299 e. The number of hydrogen-bond donors (Lipinski definition) is 1. The molecule has 1 heterocycles. The van der Waals surface area contributed by atoms with E-state index in [9.17, 15) is 9.18 Å². The van der Waals surface area contributed by atoms with Gasteiger partial charge in [-0.2, -0.15) is 0 Å². The summed E-state index contributed by atoms with van der Waals surface area (Å²) in [5.74, 6) is -0.259. The first kappa shape index (κ1) is 10.8. The molecule has 0 spiro atoms. The fourth-order valence-electron chi connectivity index (χ4n) is 1.54. The lowest BCUT2D eigenvalue weighted by molar-refractivity contribution is -0.109. The second-order valence-corrected chi connectivity index (χ2v) is 3.61. The molecule has 2 rings (SSSR count). The van der Waals surface area contributed by atoms with E-state index in [1.165, 1.54) is 12.1 Å². The molecule has 0 saturated heterocycles. The maximum atomic E-state index is 12.7. The van der Waals surface area contributed by atoms with Crippen LogP contribution in [-0.4, -0.2) is 23.8 Å². The van der Waals surface area contributed by atoms with E-state index in [0.29, 0.717) is 0 Å². The van der Waals surface area contributed by atoms with Crippen LogP contribution in [-0.2, 0) is 4.79 Å². The van der Waals surface area contributed by atoms with Gasteiger partial charge in [0.05, 0.1) is 6.04 Å². The normalized spacial score (nSPS) is 21.1. The van der Waals surface area contributed by atoms with Gasteiger partial charge < -0.3 is 0 Å². The molecule has 4 nitrogen and oxygen atoms in total. The number of aldehydes is 1. The van der Waals surface area contributed by atoms with Crippen molar-refractivity contribution in [1.82, 2.24) is 10.4 Å². The molecule has 1 aliphatic heterocycles. The molecule has 0 saturated carbocycles. The molecule has 0 aliphatic carbocycles. The number of rotatable bonds is 3. The summed E-state index contributed by atoms with van der Waals surface area (Å²) in [6, 6.07) is 6.24. The van der Waals surface area contributed by atoms with Crippen LogP contribution in [0.15, 0.2) is 29.3 Å². The van der Waals surface area contributed by atoms with E-state index in [4.69, 9.17) is 0 Å². The number of halogens is 1. The lowest BCUT2D eigenvalue weighted by Gasteiger charge is -2.24. The summed E-state index contributed by atoms with van der Waals surface area (Å²) in [5.41, 5.74) is 3.85. The van der Waals surface area contributed by atoms with Gasteiger partial charge >= 0.3 is 0 Å². The van der Waals surface area contributed by atoms with Crippen LogP contribution >= 0.6 is 0 Å². The summed E-state index contributed by atoms with van der Waals surface area (Å²) in [6.45, 7) is 1.94. The van der Waals surface area contributed by atoms with E-state index >= 15 is 0 Å². The van der Waals surface area contributed by atoms with Crippen molar-refractivity contribution in [2.75, 3.05) is 0 Å². The minimum Gasteiger partial charge on any atom is -0.299 e. The van der Waals surface area contributed by atoms with E-state index in [0.717, 1.165) is 11.8 Å². The molecule has 0 amide bonds. The van der Waals surface area contributed by atoms with Gasteiger partial charge in [0.25, 0.3) is 0 Å². The SMILES string of the molecule is CC(c1ccc(F)cc1)N1C=NC(C=O)N1. The third-order valence-electron chi connectivity index (χ3n) is 2.53. The molecule has 0 fully saturated rings. The average Bonchev–Trinajstić information content (AvgIpc) is 2.77. The van der Waals surface area contributed by atoms with Crippen LogP contribution in [0.4, 0.5) is 4.39 Å².